The number of anilines is 3. The summed E-state index contributed by atoms with van der Waals surface area (Å²) in [6.07, 6.45) is 2.58. The average Bonchev–Trinajstić information content (AvgIpc) is 3.11. The zero-order valence-electron chi connectivity index (χ0n) is 9.45. The van der Waals surface area contributed by atoms with E-state index >= 15 is 0 Å². The molecule has 0 unspecified atom stereocenters. The van der Waals surface area contributed by atoms with E-state index in [1.165, 1.54) is 12.8 Å². The summed E-state index contributed by atoms with van der Waals surface area (Å²) >= 11 is 0. The van der Waals surface area contributed by atoms with Gasteiger partial charge in [0.1, 0.15) is 5.75 Å². The lowest BCUT2D eigenvalue weighted by Crippen LogP contribution is -2.25. The Morgan fingerprint density at radius 2 is 2.29 bits per heavy atom. The monoisotopic (exact) mass is 233 g/mol. The van der Waals surface area contributed by atoms with Crippen molar-refractivity contribution in [3.8, 4) is 5.75 Å². The van der Waals surface area contributed by atoms with Gasteiger partial charge in [0.2, 0.25) is 0 Å². The molecule has 1 amide bonds. The molecule has 1 aromatic carbocycles. The van der Waals surface area contributed by atoms with Gasteiger partial charge in [0.05, 0.1) is 17.1 Å². The molecule has 5 nitrogen and oxygen atoms in total. The smallest absolute Gasteiger partial charge is 0.262 e. The van der Waals surface area contributed by atoms with Crippen LogP contribution in [0.4, 0.5) is 17.1 Å². The zero-order valence-corrected chi connectivity index (χ0v) is 9.45. The molecule has 90 valence electrons. The largest absolute Gasteiger partial charge is 0.482 e. The molecular weight excluding hydrogens is 218 g/mol. The van der Waals surface area contributed by atoms with Gasteiger partial charge in [-0.05, 0) is 24.8 Å². The van der Waals surface area contributed by atoms with E-state index in [1.807, 2.05) is 6.07 Å². The first-order valence-corrected chi connectivity index (χ1v) is 5.82. The van der Waals surface area contributed by atoms with Crippen LogP contribution in [0.1, 0.15) is 12.8 Å². The number of carbonyl (C=O) groups is 1. The summed E-state index contributed by atoms with van der Waals surface area (Å²) in [6, 6.07) is 3.59. The van der Waals surface area contributed by atoms with Gasteiger partial charge in [-0.2, -0.15) is 0 Å². The standard InChI is InChI=1S/C12H15N3O2/c13-8-3-11-10(15-12(16)6-17-11)4-9(8)14-5-7-1-2-7/h3-4,7,14H,1-2,5-6,13H2,(H,15,16). The number of hydrogen-bond donors (Lipinski definition) is 3. The summed E-state index contributed by atoms with van der Waals surface area (Å²) in [5, 5.41) is 6.08. The number of nitrogens with two attached hydrogens (primary N) is 1. The van der Waals surface area contributed by atoms with Crippen LogP contribution in [0, 0.1) is 5.92 Å². The Labute approximate surface area is 99.3 Å². The lowest BCUT2D eigenvalue weighted by Gasteiger charge is -2.20. The summed E-state index contributed by atoms with van der Waals surface area (Å²) in [4.78, 5) is 11.2. The predicted octanol–water partition coefficient (Wildman–Crippen LogP) is 1.42. The van der Waals surface area contributed by atoms with Crippen molar-refractivity contribution in [2.45, 2.75) is 12.8 Å². The van der Waals surface area contributed by atoms with Crippen molar-refractivity contribution in [1.29, 1.82) is 0 Å². The highest BCUT2D eigenvalue weighted by molar-refractivity contribution is 5.97. The normalized spacial score (nSPS) is 18.0. The zero-order chi connectivity index (χ0) is 11.8. The molecule has 1 aliphatic carbocycles. The summed E-state index contributed by atoms with van der Waals surface area (Å²) < 4.78 is 5.29. The second-order valence-corrected chi connectivity index (χ2v) is 4.60. The van der Waals surface area contributed by atoms with E-state index in [2.05, 4.69) is 10.6 Å². The van der Waals surface area contributed by atoms with E-state index in [0.29, 0.717) is 17.1 Å². The van der Waals surface area contributed by atoms with Crippen molar-refractivity contribution in [3.05, 3.63) is 12.1 Å². The Kier molecular flexibility index (Phi) is 2.31. The van der Waals surface area contributed by atoms with Crippen LogP contribution in [0.25, 0.3) is 0 Å². The van der Waals surface area contributed by atoms with Gasteiger partial charge in [-0.25, -0.2) is 0 Å². The fourth-order valence-corrected chi connectivity index (χ4v) is 1.87. The molecule has 3 rings (SSSR count). The number of carbonyl (C=O) groups excluding carboxylic acids is 1. The van der Waals surface area contributed by atoms with E-state index in [9.17, 15) is 4.79 Å². The minimum Gasteiger partial charge on any atom is -0.482 e. The molecule has 0 bridgehead atoms. The summed E-state index contributed by atoms with van der Waals surface area (Å²) in [5.74, 6) is 1.28. The Morgan fingerprint density at radius 3 is 3.06 bits per heavy atom. The highest BCUT2D eigenvalue weighted by Crippen LogP contribution is 2.36. The van der Waals surface area contributed by atoms with Crippen LogP contribution in [0.3, 0.4) is 0 Å². The molecule has 0 aromatic heterocycles. The SMILES string of the molecule is Nc1cc2c(cc1NCC1CC1)NC(=O)CO2. The maximum atomic E-state index is 11.2. The molecule has 0 radical (unpaired) electrons. The average molecular weight is 233 g/mol. The predicted molar refractivity (Wildman–Crippen MR) is 66.2 cm³/mol. The molecule has 5 heteroatoms. The van der Waals surface area contributed by atoms with Gasteiger partial charge in [-0.15, -0.1) is 0 Å². The van der Waals surface area contributed by atoms with Crippen molar-refractivity contribution >= 4 is 23.0 Å². The highest BCUT2D eigenvalue weighted by atomic mass is 16.5. The van der Waals surface area contributed by atoms with Crippen molar-refractivity contribution < 1.29 is 9.53 Å². The van der Waals surface area contributed by atoms with Gasteiger partial charge < -0.3 is 21.1 Å². The first-order valence-electron chi connectivity index (χ1n) is 5.82. The quantitative estimate of drug-likeness (QED) is 0.690. The number of benzene rings is 1. The lowest BCUT2D eigenvalue weighted by molar-refractivity contribution is -0.118. The first-order chi connectivity index (χ1) is 8.22. The molecule has 17 heavy (non-hydrogen) atoms. The van der Waals surface area contributed by atoms with Crippen LogP contribution in [-0.2, 0) is 4.79 Å². The van der Waals surface area contributed by atoms with Gasteiger partial charge in [-0.1, -0.05) is 0 Å². The van der Waals surface area contributed by atoms with Crippen molar-refractivity contribution in [2.24, 2.45) is 5.92 Å². The minimum atomic E-state index is -0.129. The molecule has 1 aromatic rings. The van der Waals surface area contributed by atoms with Crippen LogP contribution < -0.4 is 21.1 Å². The summed E-state index contributed by atoms with van der Waals surface area (Å²) in [6.45, 7) is 0.999. The highest BCUT2D eigenvalue weighted by Gasteiger charge is 2.22. The van der Waals surface area contributed by atoms with Crippen molar-refractivity contribution in [1.82, 2.24) is 0 Å². The molecule has 2 aliphatic rings. The van der Waals surface area contributed by atoms with Gasteiger partial charge >= 0.3 is 0 Å². The third-order valence-electron chi connectivity index (χ3n) is 3.06. The molecule has 0 spiro atoms. The van der Waals surface area contributed by atoms with Crippen LogP contribution in [-0.4, -0.2) is 19.1 Å². The Morgan fingerprint density at radius 1 is 1.47 bits per heavy atom. The number of nitrogen functional groups attached to an aromatic ring is 1. The van der Waals surface area contributed by atoms with E-state index in [-0.39, 0.29) is 12.5 Å². The van der Waals surface area contributed by atoms with Gasteiger partial charge in [-0.3, -0.25) is 4.79 Å². The van der Waals surface area contributed by atoms with E-state index < -0.39 is 0 Å². The third kappa shape index (κ3) is 2.13. The maximum Gasteiger partial charge on any atom is 0.262 e. The Hall–Kier alpha value is -1.91. The molecule has 0 saturated heterocycles. The first kappa shape index (κ1) is 10.3. The number of nitrogens with one attached hydrogen (secondary N) is 2. The number of hydrogen-bond acceptors (Lipinski definition) is 4. The van der Waals surface area contributed by atoms with Gasteiger partial charge in [0.15, 0.2) is 6.61 Å². The Balaban J connectivity index is 1.82. The molecule has 1 saturated carbocycles. The summed E-state index contributed by atoms with van der Waals surface area (Å²) in [5.41, 5.74) is 8.14. The molecule has 1 fully saturated rings. The fourth-order valence-electron chi connectivity index (χ4n) is 1.87. The van der Waals surface area contributed by atoms with E-state index in [1.54, 1.807) is 6.07 Å². The number of ether oxygens (including phenoxy) is 1. The molecular formula is C12H15N3O2. The number of rotatable bonds is 3. The number of amides is 1. The van der Waals surface area contributed by atoms with Crippen molar-refractivity contribution in [2.75, 3.05) is 29.5 Å². The second kappa shape index (κ2) is 3.84. The molecule has 1 aliphatic heterocycles. The van der Waals surface area contributed by atoms with E-state index in [4.69, 9.17) is 10.5 Å². The lowest BCUT2D eigenvalue weighted by atomic mass is 10.2. The van der Waals surface area contributed by atoms with Crippen LogP contribution >= 0.6 is 0 Å². The second-order valence-electron chi connectivity index (χ2n) is 4.60. The van der Waals surface area contributed by atoms with Crippen LogP contribution in [0.5, 0.6) is 5.75 Å². The molecule has 0 atom stereocenters. The van der Waals surface area contributed by atoms with E-state index in [0.717, 1.165) is 18.2 Å². The molecule has 1 heterocycles. The van der Waals surface area contributed by atoms with Gasteiger partial charge in [0, 0.05) is 12.6 Å². The minimum absolute atomic E-state index is 0.0568. The van der Waals surface area contributed by atoms with Crippen LogP contribution in [0.15, 0.2) is 12.1 Å². The van der Waals surface area contributed by atoms with Gasteiger partial charge in [0.25, 0.3) is 5.91 Å². The fraction of sp³-hybridized carbons (Fsp3) is 0.417. The topological polar surface area (TPSA) is 76.4 Å². The number of fused-ring (bicyclic) bond motifs is 1. The van der Waals surface area contributed by atoms with Crippen LogP contribution in [0.2, 0.25) is 0 Å². The summed E-state index contributed by atoms with van der Waals surface area (Å²) in [7, 11) is 0. The van der Waals surface area contributed by atoms with Crippen molar-refractivity contribution in [3.63, 3.8) is 0 Å². The maximum absolute atomic E-state index is 11.2. The Bertz CT molecular complexity index is 469. The molecule has 4 N–H and O–H groups in total. The third-order valence-corrected chi connectivity index (χ3v) is 3.06.